The molecule has 1 saturated heterocycles. The summed E-state index contributed by atoms with van der Waals surface area (Å²) in [6.07, 6.45) is 6.24. The van der Waals surface area contributed by atoms with E-state index in [0.717, 1.165) is 19.0 Å². The van der Waals surface area contributed by atoms with E-state index in [2.05, 4.69) is 50.9 Å². The Labute approximate surface area is 114 Å². The van der Waals surface area contributed by atoms with Gasteiger partial charge in [-0.15, -0.1) is 0 Å². The van der Waals surface area contributed by atoms with Crippen molar-refractivity contribution in [2.75, 3.05) is 19.6 Å². The van der Waals surface area contributed by atoms with Crippen LogP contribution in [0.3, 0.4) is 0 Å². The van der Waals surface area contributed by atoms with Crippen LogP contribution in [0.2, 0.25) is 0 Å². The molecule has 0 saturated carbocycles. The molecule has 0 radical (unpaired) electrons. The maximum Gasteiger partial charge on any atom is 0.0250 e. The van der Waals surface area contributed by atoms with E-state index in [0.29, 0.717) is 12.1 Å². The number of piperazine rings is 1. The number of nitrogens with zero attached hydrogens (tertiary/aromatic N) is 1. The predicted molar refractivity (Wildman–Crippen MR) is 80.9 cm³/mol. The van der Waals surface area contributed by atoms with Crippen LogP contribution in [0.1, 0.15) is 53.9 Å². The number of hydrogen-bond acceptors (Lipinski definition) is 2. The van der Waals surface area contributed by atoms with Crippen molar-refractivity contribution in [3.63, 3.8) is 0 Å². The van der Waals surface area contributed by atoms with Crippen molar-refractivity contribution in [2.24, 2.45) is 5.92 Å². The van der Waals surface area contributed by atoms with E-state index in [9.17, 15) is 0 Å². The van der Waals surface area contributed by atoms with Gasteiger partial charge in [-0.2, -0.15) is 0 Å². The molecule has 3 unspecified atom stereocenters. The molecule has 1 rings (SSSR count). The lowest BCUT2D eigenvalue weighted by Gasteiger charge is -2.42. The Kier molecular flexibility index (Phi) is 6.95. The molecule has 0 aromatic heterocycles. The minimum absolute atomic E-state index is 0.695. The summed E-state index contributed by atoms with van der Waals surface area (Å²) in [5.41, 5.74) is 1.43. The van der Waals surface area contributed by atoms with Crippen LogP contribution in [0.15, 0.2) is 11.6 Å². The highest BCUT2D eigenvalue weighted by Gasteiger charge is 2.29. The molecule has 18 heavy (non-hydrogen) atoms. The molecule has 0 aromatic rings. The quantitative estimate of drug-likeness (QED) is 0.729. The van der Waals surface area contributed by atoms with Crippen LogP contribution < -0.4 is 5.32 Å². The van der Waals surface area contributed by atoms with Crippen molar-refractivity contribution in [1.82, 2.24) is 10.2 Å². The second-order valence-electron chi connectivity index (χ2n) is 6.08. The SMILES string of the molecule is CCCC1CN(CC=C(C)C)C(C(C)CC)CN1. The second-order valence-corrected chi connectivity index (χ2v) is 6.08. The average molecular weight is 252 g/mol. The Morgan fingerprint density at radius 3 is 2.67 bits per heavy atom. The molecule has 3 atom stereocenters. The fourth-order valence-electron chi connectivity index (χ4n) is 2.78. The fraction of sp³-hybridized carbons (Fsp3) is 0.875. The first-order valence-electron chi connectivity index (χ1n) is 7.69. The van der Waals surface area contributed by atoms with Crippen molar-refractivity contribution < 1.29 is 0 Å². The molecule has 0 spiro atoms. The summed E-state index contributed by atoms with van der Waals surface area (Å²) in [4.78, 5) is 2.69. The van der Waals surface area contributed by atoms with E-state index in [1.54, 1.807) is 0 Å². The van der Waals surface area contributed by atoms with Crippen LogP contribution in [-0.2, 0) is 0 Å². The number of allylic oxidation sites excluding steroid dienone is 1. The van der Waals surface area contributed by atoms with Gasteiger partial charge in [-0.05, 0) is 26.2 Å². The maximum absolute atomic E-state index is 3.74. The van der Waals surface area contributed by atoms with E-state index >= 15 is 0 Å². The van der Waals surface area contributed by atoms with Crippen LogP contribution in [0.25, 0.3) is 0 Å². The van der Waals surface area contributed by atoms with Gasteiger partial charge in [0.05, 0.1) is 0 Å². The first kappa shape index (κ1) is 15.7. The van der Waals surface area contributed by atoms with Crippen molar-refractivity contribution in [3.05, 3.63) is 11.6 Å². The van der Waals surface area contributed by atoms with Crippen LogP contribution in [0, 0.1) is 5.92 Å². The number of rotatable bonds is 6. The van der Waals surface area contributed by atoms with Crippen molar-refractivity contribution in [3.8, 4) is 0 Å². The van der Waals surface area contributed by atoms with Gasteiger partial charge >= 0.3 is 0 Å². The van der Waals surface area contributed by atoms with E-state index in [4.69, 9.17) is 0 Å². The van der Waals surface area contributed by atoms with E-state index in [1.165, 1.54) is 31.4 Å². The Morgan fingerprint density at radius 1 is 1.39 bits per heavy atom. The van der Waals surface area contributed by atoms with Gasteiger partial charge in [0.15, 0.2) is 0 Å². The predicted octanol–water partition coefficient (Wildman–Crippen LogP) is 3.44. The van der Waals surface area contributed by atoms with Crippen molar-refractivity contribution in [2.45, 2.75) is 66.0 Å². The normalized spacial score (nSPS) is 26.9. The summed E-state index contributed by atoms with van der Waals surface area (Å²) < 4.78 is 0. The molecule has 1 aliphatic rings. The monoisotopic (exact) mass is 252 g/mol. The number of nitrogens with one attached hydrogen (secondary N) is 1. The van der Waals surface area contributed by atoms with Gasteiger partial charge in [-0.25, -0.2) is 0 Å². The van der Waals surface area contributed by atoms with E-state index < -0.39 is 0 Å². The van der Waals surface area contributed by atoms with Gasteiger partial charge in [0.2, 0.25) is 0 Å². The molecule has 0 amide bonds. The van der Waals surface area contributed by atoms with Crippen LogP contribution in [0.5, 0.6) is 0 Å². The molecule has 1 fully saturated rings. The summed E-state index contributed by atoms with van der Waals surface area (Å²) in [6.45, 7) is 14.9. The highest BCUT2D eigenvalue weighted by molar-refractivity contribution is 4.98. The summed E-state index contributed by atoms with van der Waals surface area (Å²) in [6, 6.07) is 1.40. The van der Waals surface area contributed by atoms with E-state index in [1.807, 2.05) is 0 Å². The second kappa shape index (κ2) is 7.96. The Bertz CT molecular complexity index is 256. The average Bonchev–Trinajstić information content (AvgIpc) is 2.36. The summed E-state index contributed by atoms with van der Waals surface area (Å²) in [7, 11) is 0. The Morgan fingerprint density at radius 2 is 2.11 bits per heavy atom. The molecule has 1 aliphatic heterocycles. The molecule has 1 heterocycles. The van der Waals surface area contributed by atoms with Crippen LogP contribution >= 0.6 is 0 Å². The zero-order valence-corrected chi connectivity index (χ0v) is 13.0. The lowest BCUT2D eigenvalue weighted by molar-refractivity contribution is 0.101. The molecular weight excluding hydrogens is 220 g/mol. The standard InChI is InChI=1S/C16H32N2/c1-6-8-15-12-18(10-9-13(3)4)16(11-17-15)14(5)7-2/h9,14-17H,6-8,10-12H2,1-5H3. The summed E-state index contributed by atoms with van der Waals surface area (Å²) in [5.74, 6) is 0.783. The number of hydrogen-bond donors (Lipinski definition) is 1. The summed E-state index contributed by atoms with van der Waals surface area (Å²) >= 11 is 0. The van der Waals surface area contributed by atoms with Crippen LogP contribution in [-0.4, -0.2) is 36.6 Å². The zero-order chi connectivity index (χ0) is 13.5. The molecule has 0 aliphatic carbocycles. The Balaban J connectivity index is 2.63. The molecule has 0 aromatic carbocycles. The lowest BCUT2D eigenvalue weighted by atomic mass is 9.93. The third-order valence-electron chi connectivity index (χ3n) is 4.21. The van der Waals surface area contributed by atoms with Crippen molar-refractivity contribution >= 4 is 0 Å². The van der Waals surface area contributed by atoms with Gasteiger partial charge in [0, 0.05) is 31.7 Å². The molecule has 0 bridgehead atoms. The van der Waals surface area contributed by atoms with Gasteiger partial charge < -0.3 is 5.32 Å². The first-order valence-corrected chi connectivity index (χ1v) is 7.69. The summed E-state index contributed by atoms with van der Waals surface area (Å²) in [5, 5.41) is 3.74. The van der Waals surface area contributed by atoms with Crippen molar-refractivity contribution in [1.29, 1.82) is 0 Å². The van der Waals surface area contributed by atoms with Gasteiger partial charge in [-0.1, -0.05) is 45.3 Å². The third kappa shape index (κ3) is 4.74. The maximum atomic E-state index is 3.74. The fourth-order valence-corrected chi connectivity index (χ4v) is 2.78. The first-order chi connectivity index (χ1) is 8.58. The zero-order valence-electron chi connectivity index (χ0n) is 13.0. The molecule has 2 heteroatoms. The highest BCUT2D eigenvalue weighted by atomic mass is 15.2. The third-order valence-corrected chi connectivity index (χ3v) is 4.21. The molecular formula is C16H32N2. The minimum Gasteiger partial charge on any atom is -0.311 e. The molecule has 106 valence electrons. The van der Waals surface area contributed by atoms with Gasteiger partial charge in [0.1, 0.15) is 0 Å². The van der Waals surface area contributed by atoms with Gasteiger partial charge in [0.25, 0.3) is 0 Å². The molecule has 2 nitrogen and oxygen atoms in total. The topological polar surface area (TPSA) is 15.3 Å². The smallest absolute Gasteiger partial charge is 0.0250 e. The largest absolute Gasteiger partial charge is 0.311 e. The van der Waals surface area contributed by atoms with Gasteiger partial charge in [-0.3, -0.25) is 4.90 Å². The molecule has 1 N–H and O–H groups in total. The van der Waals surface area contributed by atoms with E-state index in [-0.39, 0.29) is 0 Å². The minimum atomic E-state index is 0.695. The van der Waals surface area contributed by atoms with Crippen LogP contribution in [0.4, 0.5) is 0 Å². The lowest BCUT2D eigenvalue weighted by Crippen LogP contribution is -2.58. The highest BCUT2D eigenvalue weighted by Crippen LogP contribution is 2.19. The Hall–Kier alpha value is -0.340.